The van der Waals surface area contributed by atoms with E-state index >= 15 is 0 Å². The van der Waals surface area contributed by atoms with E-state index in [0.717, 1.165) is 23.9 Å². The van der Waals surface area contributed by atoms with E-state index in [2.05, 4.69) is 10.3 Å². The molecule has 11 heteroatoms. The molecule has 0 atom stereocenters. The van der Waals surface area contributed by atoms with Crippen LogP contribution in [-0.2, 0) is 27.9 Å². The standard InChI is InChI=1S/C23H25N5O4S2/c1-2-27-18-7-3-4-8-19(18)28(23(27)30)14-11-21(29)25-22-24-17-10-9-16(15-20(17)33-22)34(31,32)26-12-5-6-13-26/h3-4,7-10,15H,2,5-6,11-14H2,1H3,(H,24,25,29). The molecular formula is C23H25N5O4S2. The van der Waals surface area contributed by atoms with Crippen molar-refractivity contribution in [2.75, 3.05) is 18.4 Å². The molecule has 1 aliphatic rings. The van der Waals surface area contributed by atoms with Gasteiger partial charge in [-0.2, -0.15) is 4.31 Å². The maximum absolute atomic E-state index is 12.8. The second kappa shape index (κ2) is 8.97. The molecule has 0 unspecified atom stereocenters. The molecule has 0 spiro atoms. The molecule has 0 radical (unpaired) electrons. The van der Waals surface area contributed by atoms with Gasteiger partial charge in [-0.05, 0) is 50.1 Å². The predicted octanol–water partition coefficient (Wildman–Crippen LogP) is 3.25. The Morgan fingerprint density at radius 1 is 1.09 bits per heavy atom. The van der Waals surface area contributed by atoms with Gasteiger partial charge in [0.25, 0.3) is 0 Å². The van der Waals surface area contributed by atoms with Crippen molar-refractivity contribution in [3.63, 3.8) is 0 Å². The van der Waals surface area contributed by atoms with E-state index in [-0.39, 0.29) is 29.5 Å². The van der Waals surface area contributed by atoms with Gasteiger partial charge < -0.3 is 5.32 Å². The van der Waals surface area contributed by atoms with Crippen LogP contribution in [0, 0.1) is 0 Å². The molecule has 1 fully saturated rings. The molecule has 4 aromatic rings. The summed E-state index contributed by atoms with van der Waals surface area (Å²) in [5.41, 5.74) is 2.14. The number of carbonyl (C=O) groups excluding carboxylic acids is 1. The molecule has 1 amide bonds. The lowest BCUT2D eigenvalue weighted by Gasteiger charge is -2.15. The van der Waals surface area contributed by atoms with E-state index in [1.54, 1.807) is 27.3 Å². The highest BCUT2D eigenvalue weighted by Gasteiger charge is 2.27. The van der Waals surface area contributed by atoms with Gasteiger partial charge >= 0.3 is 5.69 Å². The molecule has 1 aliphatic heterocycles. The summed E-state index contributed by atoms with van der Waals surface area (Å²) in [6, 6.07) is 12.4. The summed E-state index contributed by atoms with van der Waals surface area (Å²) in [4.78, 5) is 30.0. The number of fused-ring (bicyclic) bond motifs is 2. The molecule has 178 valence electrons. The van der Waals surface area contributed by atoms with E-state index in [4.69, 9.17) is 0 Å². The van der Waals surface area contributed by atoms with Crippen LogP contribution in [-0.4, -0.2) is 45.8 Å². The van der Waals surface area contributed by atoms with Crippen molar-refractivity contribution in [1.82, 2.24) is 18.4 Å². The molecular weight excluding hydrogens is 474 g/mol. The average molecular weight is 500 g/mol. The number of nitrogens with zero attached hydrogens (tertiary/aromatic N) is 4. The Morgan fingerprint density at radius 3 is 2.50 bits per heavy atom. The molecule has 5 rings (SSSR count). The molecule has 2 aromatic heterocycles. The van der Waals surface area contributed by atoms with E-state index < -0.39 is 10.0 Å². The van der Waals surface area contributed by atoms with Crippen molar-refractivity contribution in [3.05, 3.63) is 52.9 Å². The van der Waals surface area contributed by atoms with Gasteiger partial charge in [0.1, 0.15) is 0 Å². The SMILES string of the molecule is CCn1c(=O)n(CCC(=O)Nc2nc3ccc(S(=O)(=O)N4CCCC4)cc3s2)c2ccccc21. The van der Waals surface area contributed by atoms with Gasteiger partial charge in [0.15, 0.2) is 5.13 Å². The highest BCUT2D eigenvalue weighted by molar-refractivity contribution is 7.89. The Hall–Kier alpha value is -3.02. The number of thiazole rings is 1. The van der Waals surface area contributed by atoms with Gasteiger partial charge in [-0.25, -0.2) is 18.2 Å². The number of hydrogen-bond donors (Lipinski definition) is 1. The summed E-state index contributed by atoms with van der Waals surface area (Å²) in [6.07, 6.45) is 1.87. The number of nitrogens with one attached hydrogen (secondary N) is 1. The van der Waals surface area contributed by atoms with Crippen LogP contribution in [0.4, 0.5) is 5.13 Å². The van der Waals surface area contributed by atoms with Crippen LogP contribution in [0.15, 0.2) is 52.2 Å². The van der Waals surface area contributed by atoms with Gasteiger partial charge in [0, 0.05) is 32.6 Å². The number of para-hydroxylation sites is 2. The first-order valence-electron chi connectivity index (χ1n) is 11.3. The molecule has 0 bridgehead atoms. The number of rotatable bonds is 7. The first kappa shape index (κ1) is 22.8. The number of aryl methyl sites for hydroxylation is 2. The Morgan fingerprint density at radius 2 is 1.79 bits per heavy atom. The van der Waals surface area contributed by atoms with Crippen LogP contribution in [0.25, 0.3) is 21.3 Å². The lowest BCUT2D eigenvalue weighted by molar-refractivity contribution is -0.116. The fraction of sp³-hybridized carbons (Fsp3) is 0.348. The lowest BCUT2D eigenvalue weighted by atomic mass is 10.3. The zero-order valence-electron chi connectivity index (χ0n) is 18.7. The number of carbonyl (C=O) groups is 1. The summed E-state index contributed by atoms with van der Waals surface area (Å²) < 4.78 is 31.2. The van der Waals surface area contributed by atoms with E-state index in [9.17, 15) is 18.0 Å². The molecule has 0 aliphatic carbocycles. The Balaban J connectivity index is 1.31. The van der Waals surface area contributed by atoms with Crippen molar-refractivity contribution in [2.24, 2.45) is 0 Å². The van der Waals surface area contributed by atoms with Crippen molar-refractivity contribution in [1.29, 1.82) is 0 Å². The number of imidazole rings is 1. The maximum atomic E-state index is 12.8. The number of sulfonamides is 1. The van der Waals surface area contributed by atoms with Crippen molar-refractivity contribution in [2.45, 2.75) is 44.2 Å². The zero-order valence-corrected chi connectivity index (χ0v) is 20.4. The topological polar surface area (TPSA) is 106 Å². The smallest absolute Gasteiger partial charge is 0.302 e. The molecule has 2 aromatic carbocycles. The highest BCUT2D eigenvalue weighted by Crippen LogP contribution is 2.30. The zero-order chi connectivity index (χ0) is 23.9. The first-order valence-corrected chi connectivity index (χ1v) is 13.5. The Bertz CT molecular complexity index is 1540. The third kappa shape index (κ3) is 4.04. The number of aromatic nitrogens is 3. The molecule has 9 nitrogen and oxygen atoms in total. The van der Waals surface area contributed by atoms with Gasteiger partial charge in [-0.1, -0.05) is 23.5 Å². The second-order valence-electron chi connectivity index (χ2n) is 8.23. The predicted molar refractivity (Wildman–Crippen MR) is 133 cm³/mol. The lowest BCUT2D eigenvalue weighted by Crippen LogP contribution is -2.27. The summed E-state index contributed by atoms with van der Waals surface area (Å²) >= 11 is 1.23. The van der Waals surface area contributed by atoms with Crippen LogP contribution < -0.4 is 11.0 Å². The maximum Gasteiger partial charge on any atom is 0.329 e. The minimum Gasteiger partial charge on any atom is -0.302 e. The molecule has 1 saturated heterocycles. The average Bonchev–Trinajstić information content (AvgIpc) is 3.55. The summed E-state index contributed by atoms with van der Waals surface area (Å²) in [5.74, 6) is -0.260. The first-order chi connectivity index (χ1) is 16.4. The number of hydrogen-bond acceptors (Lipinski definition) is 6. The van der Waals surface area contributed by atoms with Gasteiger partial charge in [-0.15, -0.1) is 0 Å². The summed E-state index contributed by atoms with van der Waals surface area (Å²) in [5, 5.41) is 3.19. The number of benzene rings is 2. The molecule has 0 saturated carbocycles. The number of anilines is 1. The highest BCUT2D eigenvalue weighted by atomic mass is 32.2. The van der Waals surface area contributed by atoms with Gasteiger partial charge in [-0.3, -0.25) is 13.9 Å². The van der Waals surface area contributed by atoms with Crippen LogP contribution in [0.3, 0.4) is 0 Å². The third-order valence-corrected chi connectivity index (χ3v) is 8.94. The quantitative estimate of drug-likeness (QED) is 0.420. The van der Waals surface area contributed by atoms with Crippen molar-refractivity contribution < 1.29 is 13.2 Å². The fourth-order valence-electron chi connectivity index (χ4n) is 4.39. The van der Waals surface area contributed by atoms with E-state index in [1.165, 1.54) is 15.6 Å². The molecule has 3 heterocycles. The second-order valence-corrected chi connectivity index (χ2v) is 11.2. The van der Waals surface area contributed by atoms with Crippen LogP contribution >= 0.6 is 11.3 Å². The fourth-order valence-corrected chi connectivity index (χ4v) is 6.93. The van der Waals surface area contributed by atoms with Crippen molar-refractivity contribution >= 4 is 53.6 Å². The van der Waals surface area contributed by atoms with E-state index in [1.807, 2.05) is 31.2 Å². The Labute approximate surface area is 200 Å². The minimum absolute atomic E-state index is 0.113. The monoisotopic (exact) mass is 499 g/mol. The molecule has 1 N–H and O–H groups in total. The minimum atomic E-state index is -3.52. The Kier molecular flexibility index (Phi) is 6.00. The normalized spacial score (nSPS) is 14.9. The third-order valence-electron chi connectivity index (χ3n) is 6.11. The molecule has 34 heavy (non-hydrogen) atoms. The van der Waals surface area contributed by atoms with Gasteiger partial charge in [0.05, 0.1) is 26.1 Å². The summed E-state index contributed by atoms with van der Waals surface area (Å²) in [7, 11) is -3.52. The summed E-state index contributed by atoms with van der Waals surface area (Å²) in [6.45, 7) is 3.82. The van der Waals surface area contributed by atoms with Crippen LogP contribution in [0.5, 0.6) is 0 Å². The largest absolute Gasteiger partial charge is 0.329 e. The van der Waals surface area contributed by atoms with E-state index in [0.29, 0.717) is 35.0 Å². The van der Waals surface area contributed by atoms with Crippen molar-refractivity contribution in [3.8, 4) is 0 Å². The van der Waals surface area contributed by atoms with Crippen LogP contribution in [0.2, 0.25) is 0 Å². The number of amides is 1. The van der Waals surface area contributed by atoms with Gasteiger partial charge in [0.2, 0.25) is 15.9 Å². The van der Waals surface area contributed by atoms with Crippen LogP contribution in [0.1, 0.15) is 26.2 Å².